The van der Waals surface area contributed by atoms with Gasteiger partial charge in [0.25, 0.3) is 0 Å². The number of aliphatic hydroxyl groups excluding tert-OH is 3. The molecule has 0 aliphatic carbocycles. The standard InChI is InChI=1S/C23H28ClNO5S/c1-12(2)6-19-25-23(22(29-19)21(28)20(27)18(10-26)30-23)16-4-5-17(24)15(9-16)8-14-7-13(3)31-11-14/h4-5,7,9,11-12,18,20-22,26-28H,6,8,10H2,1-3H3/t18-,20-,21+,22?,23?/m1/s1. The lowest BCUT2D eigenvalue weighted by molar-refractivity contribution is -0.262. The molecule has 2 aliphatic rings. The van der Waals surface area contributed by atoms with E-state index in [9.17, 15) is 15.3 Å². The highest BCUT2D eigenvalue weighted by atomic mass is 35.5. The zero-order valence-corrected chi connectivity index (χ0v) is 19.4. The molecule has 1 saturated heterocycles. The molecule has 0 amide bonds. The minimum atomic E-state index is -1.36. The Kier molecular flexibility index (Phi) is 6.45. The van der Waals surface area contributed by atoms with Crippen LogP contribution in [0.25, 0.3) is 0 Å². The van der Waals surface area contributed by atoms with Gasteiger partial charge in [0, 0.05) is 21.9 Å². The Bertz CT molecular complexity index is 977. The van der Waals surface area contributed by atoms with Gasteiger partial charge < -0.3 is 24.8 Å². The van der Waals surface area contributed by atoms with Gasteiger partial charge in [0.1, 0.15) is 18.3 Å². The normalized spacial score (nSPS) is 30.3. The molecule has 4 rings (SSSR count). The summed E-state index contributed by atoms with van der Waals surface area (Å²) < 4.78 is 12.2. The highest BCUT2D eigenvalue weighted by molar-refractivity contribution is 7.10. The summed E-state index contributed by atoms with van der Waals surface area (Å²) in [5.41, 5.74) is 1.38. The van der Waals surface area contributed by atoms with Crippen molar-refractivity contribution in [3.05, 3.63) is 56.2 Å². The molecular weight excluding hydrogens is 438 g/mol. The van der Waals surface area contributed by atoms with Crippen molar-refractivity contribution < 1.29 is 24.8 Å². The van der Waals surface area contributed by atoms with Gasteiger partial charge in [-0.05, 0) is 54.0 Å². The van der Waals surface area contributed by atoms with Crippen molar-refractivity contribution in [1.29, 1.82) is 0 Å². The summed E-state index contributed by atoms with van der Waals surface area (Å²) >= 11 is 8.19. The summed E-state index contributed by atoms with van der Waals surface area (Å²) in [6.07, 6.45) is -3.24. The molecule has 2 aliphatic heterocycles. The SMILES string of the molecule is Cc1cc(Cc2cc(C34N=C(CC(C)C)OC3[C@@H](O)[C@H](O)[C@@H](CO)O4)ccc2Cl)cs1. The first-order valence-corrected chi connectivity index (χ1v) is 11.7. The highest BCUT2D eigenvalue weighted by Gasteiger charge is 2.60. The molecule has 1 fully saturated rings. The average molecular weight is 466 g/mol. The number of rotatable bonds is 6. The second-order valence-electron chi connectivity index (χ2n) is 8.71. The smallest absolute Gasteiger partial charge is 0.228 e. The Labute approximate surface area is 191 Å². The fourth-order valence-electron chi connectivity index (χ4n) is 4.22. The third kappa shape index (κ3) is 4.27. The lowest BCUT2D eigenvalue weighted by Crippen LogP contribution is -2.61. The monoisotopic (exact) mass is 465 g/mol. The van der Waals surface area contributed by atoms with Crippen LogP contribution in [0.15, 0.2) is 34.6 Å². The van der Waals surface area contributed by atoms with Crippen LogP contribution in [-0.2, 0) is 21.6 Å². The van der Waals surface area contributed by atoms with E-state index in [2.05, 4.69) is 18.4 Å². The Morgan fingerprint density at radius 1 is 1.23 bits per heavy atom. The van der Waals surface area contributed by atoms with E-state index in [1.165, 1.54) is 4.88 Å². The number of hydrogen-bond donors (Lipinski definition) is 3. The molecule has 0 radical (unpaired) electrons. The molecule has 3 heterocycles. The van der Waals surface area contributed by atoms with Gasteiger partial charge in [0.05, 0.1) is 6.61 Å². The van der Waals surface area contributed by atoms with E-state index in [4.69, 9.17) is 26.1 Å². The van der Waals surface area contributed by atoms with E-state index < -0.39 is 36.7 Å². The lowest BCUT2D eigenvalue weighted by Gasteiger charge is -2.44. The fourth-order valence-corrected chi connectivity index (χ4v) is 5.12. The molecule has 0 bridgehead atoms. The summed E-state index contributed by atoms with van der Waals surface area (Å²) in [6, 6.07) is 7.65. The summed E-state index contributed by atoms with van der Waals surface area (Å²) in [7, 11) is 0. The van der Waals surface area contributed by atoms with Crippen LogP contribution in [0.1, 0.15) is 41.8 Å². The second kappa shape index (κ2) is 8.81. The first-order valence-electron chi connectivity index (χ1n) is 10.5. The van der Waals surface area contributed by atoms with Crippen LogP contribution in [0.5, 0.6) is 0 Å². The third-order valence-corrected chi connectivity index (χ3v) is 6.99. The molecule has 1 aromatic heterocycles. The fraction of sp³-hybridized carbons (Fsp3) is 0.522. The van der Waals surface area contributed by atoms with Crippen LogP contribution in [0, 0.1) is 12.8 Å². The minimum absolute atomic E-state index is 0.286. The Morgan fingerprint density at radius 2 is 2.00 bits per heavy atom. The number of aliphatic hydroxyl groups is 3. The molecule has 2 unspecified atom stereocenters. The second-order valence-corrected chi connectivity index (χ2v) is 10.2. The van der Waals surface area contributed by atoms with E-state index in [1.54, 1.807) is 17.4 Å². The molecule has 3 N–H and O–H groups in total. The third-order valence-electron chi connectivity index (χ3n) is 5.71. The van der Waals surface area contributed by atoms with Gasteiger partial charge >= 0.3 is 0 Å². The molecule has 31 heavy (non-hydrogen) atoms. The van der Waals surface area contributed by atoms with Crippen LogP contribution in [0.2, 0.25) is 5.02 Å². The number of halogens is 1. The zero-order chi connectivity index (χ0) is 22.3. The van der Waals surface area contributed by atoms with Crippen LogP contribution in [0.3, 0.4) is 0 Å². The Hall–Kier alpha value is -1.48. The Balaban J connectivity index is 1.77. The number of fused-ring (bicyclic) bond motifs is 1. The van der Waals surface area contributed by atoms with E-state index in [0.717, 1.165) is 11.1 Å². The highest BCUT2D eigenvalue weighted by Crippen LogP contribution is 2.46. The number of ether oxygens (including phenoxy) is 2. The van der Waals surface area contributed by atoms with Crippen LogP contribution >= 0.6 is 22.9 Å². The number of hydrogen-bond acceptors (Lipinski definition) is 7. The molecule has 8 heteroatoms. The van der Waals surface area contributed by atoms with Crippen molar-refractivity contribution in [2.75, 3.05) is 6.61 Å². The summed E-state index contributed by atoms with van der Waals surface area (Å²) in [4.78, 5) is 5.99. The minimum Gasteiger partial charge on any atom is -0.469 e. The number of aryl methyl sites for hydroxylation is 1. The van der Waals surface area contributed by atoms with Gasteiger partial charge in [-0.1, -0.05) is 31.5 Å². The predicted octanol–water partition coefficient (Wildman–Crippen LogP) is 3.41. The molecular formula is C23H28ClNO5S. The lowest BCUT2D eigenvalue weighted by atomic mass is 9.85. The number of nitrogens with zero attached hydrogens (tertiary/aromatic N) is 1. The van der Waals surface area contributed by atoms with E-state index >= 15 is 0 Å². The first-order chi connectivity index (χ1) is 14.7. The molecule has 6 nitrogen and oxygen atoms in total. The van der Waals surface area contributed by atoms with Gasteiger partial charge in [-0.25, -0.2) is 4.99 Å². The van der Waals surface area contributed by atoms with Gasteiger partial charge in [-0.3, -0.25) is 0 Å². The Morgan fingerprint density at radius 3 is 2.65 bits per heavy atom. The van der Waals surface area contributed by atoms with Gasteiger partial charge in [0.15, 0.2) is 12.0 Å². The van der Waals surface area contributed by atoms with Crippen molar-refractivity contribution in [2.24, 2.45) is 10.9 Å². The van der Waals surface area contributed by atoms with Crippen molar-refractivity contribution in [3.63, 3.8) is 0 Å². The van der Waals surface area contributed by atoms with Gasteiger partial charge in [-0.2, -0.15) is 0 Å². The quantitative estimate of drug-likeness (QED) is 0.608. The zero-order valence-electron chi connectivity index (χ0n) is 17.8. The number of aliphatic imine (C=N–C) groups is 1. The largest absolute Gasteiger partial charge is 0.469 e. The maximum atomic E-state index is 10.8. The number of thiophene rings is 1. The van der Waals surface area contributed by atoms with Crippen molar-refractivity contribution in [2.45, 2.75) is 63.8 Å². The topological polar surface area (TPSA) is 91.5 Å². The molecule has 0 saturated carbocycles. The van der Waals surface area contributed by atoms with Gasteiger partial charge in [0.2, 0.25) is 5.72 Å². The summed E-state index contributed by atoms with van der Waals surface area (Å²) in [5, 5.41) is 33.7. The van der Waals surface area contributed by atoms with Crippen molar-refractivity contribution in [1.82, 2.24) is 0 Å². The van der Waals surface area contributed by atoms with E-state index in [1.807, 2.05) is 26.0 Å². The average Bonchev–Trinajstić information content (AvgIpc) is 3.29. The van der Waals surface area contributed by atoms with Gasteiger partial charge in [-0.15, -0.1) is 11.3 Å². The summed E-state index contributed by atoms with van der Waals surface area (Å²) in [5.74, 6) is 0.754. The number of benzene rings is 1. The molecule has 2 aromatic rings. The van der Waals surface area contributed by atoms with Crippen LogP contribution < -0.4 is 0 Å². The van der Waals surface area contributed by atoms with Crippen LogP contribution in [0.4, 0.5) is 0 Å². The van der Waals surface area contributed by atoms with Crippen LogP contribution in [-0.4, -0.2) is 52.2 Å². The van der Waals surface area contributed by atoms with Crippen molar-refractivity contribution in [3.8, 4) is 0 Å². The van der Waals surface area contributed by atoms with E-state index in [0.29, 0.717) is 29.3 Å². The van der Waals surface area contributed by atoms with E-state index in [-0.39, 0.29) is 5.92 Å². The first kappa shape index (κ1) is 22.7. The maximum Gasteiger partial charge on any atom is 0.228 e. The molecule has 0 spiro atoms. The molecule has 168 valence electrons. The van der Waals surface area contributed by atoms with Crippen molar-refractivity contribution >= 4 is 28.8 Å². The predicted molar refractivity (Wildman–Crippen MR) is 121 cm³/mol. The molecule has 1 aromatic carbocycles. The molecule has 5 atom stereocenters. The maximum absolute atomic E-state index is 10.8. The summed E-state index contributed by atoms with van der Waals surface area (Å²) in [6.45, 7) is 5.71.